The Balaban J connectivity index is 0.000000269. The second kappa shape index (κ2) is 13.0. The van der Waals surface area contributed by atoms with E-state index in [1.807, 2.05) is 36.4 Å². The molecule has 3 aromatic rings. The Morgan fingerprint density at radius 1 is 0.833 bits per heavy atom. The van der Waals surface area contributed by atoms with Crippen molar-refractivity contribution in [2.24, 2.45) is 0 Å². The van der Waals surface area contributed by atoms with Gasteiger partial charge in [0.25, 0.3) is 0 Å². The maximum atomic E-state index is 11.5. The molecule has 3 rings (SSSR count). The van der Waals surface area contributed by atoms with Crippen LogP contribution in [0.25, 0.3) is 0 Å². The van der Waals surface area contributed by atoms with Gasteiger partial charge in [0.15, 0.2) is 0 Å². The van der Waals surface area contributed by atoms with Crippen LogP contribution in [0.2, 0.25) is 0 Å². The number of ether oxygens (including phenoxy) is 3. The van der Waals surface area contributed by atoms with E-state index in [1.165, 1.54) is 0 Å². The maximum absolute atomic E-state index is 11.5. The Kier molecular flexibility index (Phi) is 9.96. The Morgan fingerprint density at radius 2 is 1.53 bits per heavy atom. The summed E-state index contributed by atoms with van der Waals surface area (Å²) >= 11 is 0. The molecule has 1 aromatic carbocycles. The highest BCUT2D eigenvalue weighted by Crippen LogP contribution is 2.06. The quantitative estimate of drug-likeness (QED) is 0.407. The molecule has 0 saturated carbocycles. The molecule has 0 atom stereocenters. The second-order valence-corrected chi connectivity index (χ2v) is 6.21. The molecule has 7 nitrogen and oxygen atoms in total. The van der Waals surface area contributed by atoms with Crippen LogP contribution in [0.1, 0.15) is 46.1 Å². The fraction of sp³-hybridized carbons (Fsp3) is 0.304. The molecule has 2 heterocycles. The van der Waals surface area contributed by atoms with Crippen LogP contribution in [0.4, 0.5) is 0 Å². The lowest BCUT2D eigenvalue weighted by atomic mass is 10.2. The van der Waals surface area contributed by atoms with Gasteiger partial charge in [0, 0.05) is 18.3 Å². The van der Waals surface area contributed by atoms with Crippen molar-refractivity contribution in [1.29, 1.82) is 0 Å². The van der Waals surface area contributed by atoms with E-state index < -0.39 is 0 Å². The Hall–Kier alpha value is -3.32. The third-order valence-electron chi connectivity index (χ3n) is 3.96. The first-order chi connectivity index (χ1) is 14.6. The molecule has 2 aromatic heterocycles. The molecule has 0 aliphatic rings. The number of carbonyl (C=O) groups is 2. The van der Waals surface area contributed by atoms with Gasteiger partial charge in [0.2, 0.25) is 0 Å². The highest BCUT2D eigenvalue weighted by atomic mass is 16.5. The molecule has 0 aliphatic carbocycles. The molecule has 0 aliphatic heterocycles. The topological polar surface area (TPSA) is 93.4 Å². The van der Waals surface area contributed by atoms with Crippen LogP contribution in [-0.4, -0.2) is 41.7 Å². The summed E-state index contributed by atoms with van der Waals surface area (Å²) in [5.74, 6) is -0.614. The van der Waals surface area contributed by atoms with E-state index in [9.17, 15) is 9.59 Å². The van der Waals surface area contributed by atoms with Gasteiger partial charge < -0.3 is 24.2 Å². The maximum Gasteiger partial charge on any atom is 0.354 e. The fourth-order valence-electron chi connectivity index (χ4n) is 2.53. The molecule has 7 heteroatoms. The van der Waals surface area contributed by atoms with E-state index >= 15 is 0 Å². The standard InChI is InChI=1S/C16H19NO3.C7H9NO2/c1-2-20-16(18)15-9-8-14(17-15)10-11-19-12-13-6-4-3-5-7-13;1-2-10-7(9)6-4-3-5-8-6/h3-9,17H,2,10-12H2,1H3;3-5,8H,2H2,1H3. The van der Waals surface area contributed by atoms with Gasteiger partial charge in [-0.05, 0) is 43.7 Å². The van der Waals surface area contributed by atoms with Crippen LogP contribution in [0.15, 0.2) is 60.8 Å². The molecule has 0 bridgehead atoms. The van der Waals surface area contributed by atoms with Crippen molar-refractivity contribution >= 4 is 11.9 Å². The number of carbonyl (C=O) groups excluding carboxylic acids is 2. The number of hydrogen-bond donors (Lipinski definition) is 2. The summed E-state index contributed by atoms with van der Waals surface area (Å²) in [6, 6.07) is 17.1. The van der Waals surface area contributed by atoms with Crippen molar-refractivity contribution in [2.45, 2.75) is 26.9 Å². The average molecular weight is 412 g/mol. The molecule has 160 valence electrons. The Morgan fingerprint density at radius 3 is 2.17 bits per heavy atom. The SMILES string of the molecule is CCOC(=O)c1ccc(CCOCc2ccccc2)[nH]1.CCOC(=O)c1ccc[nH]1. The lowest BCUT2D eigenvalue weighted by Crippen LogP contribution is -2.05. The molecule has 0 fully saturated rings. The van der Waals surface area contributed by atoms with Gasteiger partial charge >= 0.3 is 11.9 Å². The van der Waals surface area contributed by atoms with Gasteiger partial charge in [-0.15, -0.1) is 0 Å². The van der Waals surface area contributed by atoms with Crippen LogP contribution < -0.4 is 0 Å². The predicted octanol–water partition coefficient (Wildman–Crippen LogP) is 4.14. The first kappa shape index (κ1) is 23.0. The van der Waals surface area contributed by atoms with E-state index in [1.54, 1.807) is 38.2 Å². The van der Waals surface area contributed by atoms with E-state index in [2.05, 4.69) is 9.97 Å². The Bertz CT molecular complexity index is 872. The van der Waals surface area contributed by atoms with Gasteiger partial charge in [0.1, 0.15) is 11.4 Å². The summed E-state index contributed by atoms with van der Waals surface area (Å²) in [7, 11) is 0. The average Bonchev–Trinajstić information content (AvgIpc) is 3.45. The van der Waals surface area contributed by atoms with Crippen molar-refractivity contribution in [2.75, 3.05) is 19.8 Å². The smallest absolute Gasteiger partial charge is 0.354 e. The summed E-state index contributed by atoms with van der Waals surface area (Å²) < 4.78 is 15.2. The third-order valence-corrected chi connectivity index (χ3v) is 3.96. The van der Waals surface area contributed by atoms with Gasteiger partial charge in [-0.1, -0.05) is 30.3 Å². The summed E-state index contributed by atoms with van der Waals surface area (Å²) in [6.07, 6.45) is 2.43. The van der Waals surface area contributed by atoms with Gasteiger partial charge in [-0.3, -0.25) is 0 Å². The minimum atomic E-state index is -0.316. The normalized spacial score (nSPS) is 10.1. The summed E-state index contributed by atoms with van der Waals surface area (Å²) in [6.45, 7) is 5.58. The predicted molar refractivity (Wildman–Crippen MR) is 113 cm³/mol. The van der Waals surface area contributed by atoms with Crippen molar-refractivity contribution in [1.82, 2.24) is 9.97 Å². The Labute approximate surface area is 176 Å². The minimum Gasteiger partial charge on any atom is -0.461 e. The molecular weight excluding hydrogens is 384 g/mol. The van der Waals surface area contributed by atoms with Crippen LogP contribution in [0, 0.1) is 0 Å². The number of rotatable bonds is 9. The number of aromatic nitrogens is 2. The monoisotopic (exact) mass is 412 g/mol. The van der Waals surface area contributed by atoms with E-state index in [-0.39, 0.29) is 11.9 Å². The largest absolute Gasteiger partial charge is 0.461 e. The minimum absolute atomic E-state index is 0.299. The van der Waals surface area contributed by atoms with Gasteiger partial charge in [-0.25, -0.2) is 9.59 Å². The molecular formula is C23H28N2O5. The fourth-order valence-corrected chi connectivity index (χ4v) is 2.53. The number of benzene rings is 1. The first-order valence-electron chi connectivity index (χ1n) is 9.91. The summed E-state index contributed by atoms with van der Waals surface area (Å²) in [4.78, 5) is 28.1. The van der Waals surface area contributed by atoms with Crippen molar-refractivity contribution < 1.29 is 23.8 Å². The van der Waals surface area contributed by atoms with Gasteiger partial charge in [-0.2, -0.15) is 0 Å². The molecule has 2 N–H and O–H groups in total. The first-order valence-corrected chi connectivity index (χ1v) is 9.91. The van der Waals surface area contributed by atoms with Crippen molar-refractivity contribution in [3.8, 4) is 0 Å². The van der Waals surface area contributed by atoms with Crippen molar-refractivity contribution in [3.05, 3.63) is 83.4 Å². The molecule has 30 heavy (non-hydrogen) atoms. The number of nitrogens with one attached hydrogen (secondary N) is 2. The summed E-state index contributed by atoms with van der Waals surface area (Å²) in [5.41, 5.74) is 3.12. The molecule has 0 amide bonds. The zero-order valence-electron chi connectivity index (χ0n) is 17.4. The van der Waals surface area contributed by atoms with E-state index in [0.29, 0.717) is 37.8 Å². The van der Waals surface area contributed by atoms with Crippen LogP contribution in [0.3, 0.4) is 0 Å². The number of esters is 2. The molecule has 0 radical (unpaired) electrons. The lowest BCUT2D eigenvalue weighted by Gasteiger charge is -2.03. The van der Waals surface area contributed by atoms with Gasteiger partial charge in [0.05, 0.1) is 26.4 Å². The zero-order valence-corrected chi connectivity index (χ0v) is 17.4. The summed E-state index contributed by atoms with van der Waals surface area (Å²) in [5, 5.41) is 0. The van der Waals surface area contributed by atoms with Crippen LogP contribution in [-0.2, 0) is 27.2 Å². The number of hydrogen-bond acceptors (Lipinski definition) is 5. The molecule has 0 spiro atoms. The van der Waals surface area contributed by atoms with Crippen LogP contribution in [0.5, 0.6) is 0 Å². The number of H-pyrrole nitrogens is 2. The second-order valence-electron chi connectivity index (χ2n) is 6.21. The molecule has 0 unspecified atom stereocenters. The van der Waals surface area contributed by atoms with E-state index in [0.717, 1.165) is 17.7 Å². The lowest BCUT2D eigenvalue weighted by molar-refractivity contribution is 0.0510. The number of aromatic amines is 2. The van der Waals surface area contributed by atoms with E-state index in [4.69, 9.17) is 14.2 Å². The zero-order chi connectivity index (χ0) is 21.6. The van der Waals surface area contributed by atoms with Crippen molar-refractivity contribution in [3.63, 3.8) is 0 Å². The third kappa shape index (κ3) is 7.97. The highest BCUT2D eigenvalue weighted by Gasteiger charge is 2.08. The highest BCUT2D eigenvalue weighted by molar-refractivity contribution is 5.87. The molecule has 0 saturated heterocycles. The van der Waals surface area contributed by atoms with Crippen LogP contribution >= 0.6 is 0 Å².